The standard InChI is InChI=1S/C14H13ClN2O3/c1-14-6-9(18)2-3-11(14)10-4-8(17(19)20)5-12(15)13(10)16-7-14/h3-5,16H,2,6-7H2,1H3. The third-order valence-electron chi connectivity index (χ3n) is 4.00. The quantitative estimate of drug-likeness (QED) is 0.636. The van der Waals surface area contributed by atoms with Crippen LogP contribution in [-0.4, -0.2) is 17.3 Å². The number of anilines is 1. The molecule has 0 saturated heterocycles. The van der Waals surface area contributed by atoms with E-state index < -0.39 is 4.92 Å². The molecule has 3 rings (SSSR count). The molecule has 0 saturated carbocycles. The largest absolute Gasteiger partial charge is 0.382 e. The van der Waals surface area contributed by atoms with Crippen LogP contribution < -0.4 is 5.32 Å². The zero-order valence-corrected chi connectivity index (χ0v) is 11.7. The highest BCUT2D eigenvalue weighted by Gasteiger charge is 2.40. The van der Waals surface area contributed by atoms with Crippen molar-refractivity contribution in [1.82, 2.24) is 0 Å². The zero-order valence-electron chi connectivity index (χ0n) is 10.9. The molecule has 1 heterocycles. The maximum atomic E-state index is 11.7. The van der Waals surface area contributed by atoms with Crippen LogP contribution in [0.1, 0.15) is 25.3 Å². The van der Waals surface area contributed by atoms with E-state index >= 15 is 0 Å². The Morgan fingerprint density at radius 3 is 2.90 bits per heavy atom. The highest BCUT2D eigenvalue weighted by molar-refractivity contribution is 6.34. The van der Waals surface area contributed by atoms with Gasteiger partial charge in [-0.05, 0) is 5.57 Å². The Morgan fingerprint density at radius 2 is 2.20 bits per heavy atom. The molecule has 0 spiro atoms. The average molecular weight is 293 g/mol. The van der Waals surface area contributed by atoms with Crippen molar-refractivity contribution in [2.24, 2.45) is 5.41 Å². The molecular formula is C14H13ClN2O3. The maximum absolute atomic E-state index is 11.7. The van der Waals surface area contributed by atoms with Gasteiger partial charge in [0.15, 0.2) is 0 Å². The van der Waals surface area contributed by atoms with Gasteiger partial charge in [-0.1, -0.05) is 24.6 Å². The number of rotatable bonds is 1. The topological polar surface area (TPSA) is 72.2 Å². The summed E-state index contributed by atoms with van der Waals surface area (Å²) in [4.78, 5) is 22.2. The number of ketones is 1. The minimum atomic E-state index is -0.452. The van der Waals surface area contributed by atoms with E-state index in [2.05, 4.69) is 5.32 Å². The second kappa shape index (κ2) is 4.31. The molecule has 0 radical (unpaired) electrons. The van der Waals surface area contributed by atoms with E-state index in [4.69, 9.17) is 11.6 Å². The molecule has 1 aliphatic carbocycles. The number of benzene rings is 1. The minimum Gasteiger partial charge on any atom is -0.382 e. The molecule has 1 aliphatic heterocycles. The fraction of sp³-hybridized carbons (Fsp3) is 0.357. The van der Waals surface area contributed by atoms with Gasteiger partial charge in [0.05, 0.1) is 15.6 Å². The van der Waals surface area contributed by atoms with Crippen molar-refractivity contribution >= 4 is 34.3 Å². The number of non-ortho nitro benzene ring substituents is 1. The van der Waals surface area contributed by atoms with Crippen molar-refractivity contribution in [1.29, 1.82) is 0 Å². The Bertz CT molecular complexity index is 669. The number of carbonyl (C=O) groups is 1. The van der Waals surface area contributed by atoms with Gasteiger partial charge >= 0.3 is 0 Å². The van der Waals surface area contributed by atoms with E-state index in [-0.39, 0.29) is 16.9 Å². The number of Topliss-reactive ketones (excluding diaryl/α,β-unsaturated/α-hetero) is 1. The number of nitro groups is 1. The number of nitro benzene ring substituents is 1. The molecule has 104 valence electrons. The summed E-state index contributed by atoms with van der Waals surface area (Å²) in [5, 5.41) is 14.5. The maximum Gasteiger partial charge on any atom is 0.271 e. The van der Waals surface area contributed by atoms with Gasteiger partial charge in [-0.2, -0.15) is 0 Å². The lowest BCUT2D eigenvalue weighted by Crippen LogP contribution is -2.36. The van der Waals surface area contributed by atoms with Crippen LogP contribution in [0.4, 0.5) is 11.4 Å². The van der Waals surface area contributed by atoms with E-state index in [1.54, 1.807) is 0 Å². The first-order valence-corrected chi connectivity index (χ1v) is 6.73. The lowest BCUT2D eigenvalue weighted by Gasteiger charge is -2.40. The normalized spacial score (nSPS) is 24.3. The number of hydrogen-bond acceptors (Lipinski definition) is 4. The van der Waals surface area contributed by atoms with Crippen molar-refractivity contribution in [3.63, 3.8) is 0 Å². The van der Waals surface area contributed by atoms with Crippen LogP contribution in [-0.2, 0) is 4.79 Å². The van der Waals surface area contributed by atoms with E-state index in [1.165, 1.54) is 12.1 Å². The summed E-state index contributed by atoms with van der Waals surface area (Å²) >= 11 is 6.14. The molecule has 1 atom stereocenters. The molecule has 2 aliphatic rings. The molecule has 0 amide bonds. The lowest BCUT2D eigenvalue weighted by molar-refractivity contribution is -0.384. The fourth-order valence-corrected chi connectivity index (χ4v) is 3.31. The van der Waals surface area contributed by atoms with Gasteiger partial charge in [-0.15, -0.1) is 0 Å². The average Bonchev–Trinajstić information content (AvgIpc) is 2.36. The highest BCUT2D eigenvalue weighted by atomic mass is 35.5. The predicted octanol–water partition coefficient (Wildman–Crippen LogP) is 3.43. The van der Waals surface area contributed by atoms with Crippen LogP contribution in [0.5, 0.6) is 0 Å². The van der Waals surface area contributed by atoms with E-state index in [9.17, 15) is 14.9 Å². The lowest BCUT2D eigenvalue weighted by atomic mass is 9.69. The summed E-state index contributed by atoms with van der Waals surface area (Å²) < 4.78 is 0. The van der Waals surface area contributed by atoms with E-state index in [0.717, 1.165) is 16.8 Å². The molecule has 0 aromatic heterocycles. The number of nitrogens with zero attached hydrogens (tertiary/aromatic N) is 1. The number of nitrogens with one attached hydrogen (secondary N) is 1. The summed E-state index contributed by atoms with van der Waals surface area (Å²) in [5.41, 5.74) is 2.09. The molecule has 6 heteroatoms. The van der Waals surface area contributed by atoms with Crippen LogP contribution in [0.2, 0.25) is 5.02 Å². The van der Waals surface area contributed by atoms with Gasteiger partial charge < -0.3 is 5.32 Å². The second-order valence-corrected chi connectivity index (χ2v) is 5.97. The van der Waals surface area contributed by atoms with Crippen molar-refractivity contribution < 1.29 is 9.72 Å². The Labute approximate surface area is 120 Å². The number of halogens is 1. The first kappa shape index (κ1) is 13.1. The molecule has 0 fully saturated rings. The van der Waals surface area contributed by atoms with Gasteiger partial charge in [0, 0.05) is 42.5 Å². The molecule has 1 N–H and O–H groups in total. The molecule has 0 bridgehead atoms. The van der Waals surface area contributed by atoms with Crippen LogP contribution >= 0.6 is 11.6 Å². The Kier molecular flexibility index (Phi) is 2.83. The Balaban J connectivity index is 2.21. The van der Waals surface area contributed by atoms with Gasteiger partial charge in [0.1, 0.15) is 5.78 Å². The second-order valence-electron chi connectivity index (χ2n) is 5.56. The molecule has 1 aromatic carbocycles. The summed E-state index contributed by atoms with van der Waals surface area (Å²) in [5.74, 6) is 0.193. The first-order valence-electron chi connectivity index (χ1n) is 6.35. The SMILES string of the molecule is CC12CNc3c(Cl)cc([N+](=O)[O-])cc3C1=CCC(=O)C2. The Hall–Kier alpha value is -1.88. The van der Waals surface area contributed by atoms with E-state index in [1.807, 2.05) is 13.0 Å². The molecule has 1 aromatic rings. The van der Waals surface area contributed by atoms with Crippen molar-refractivity contribution in [2.45, 2.75) is 19.8 Å². The number of carbonyl (C=O) groups excluding carboxylic acids is 1. The smallest absolute Gasteiger partial charge is 0.271 e. The van der Waals surface area contributed by atoms with Crippen molar-refractivity contribution in [3.05, 3.63) is 38.9 Å². The number of allylic oxidation sites excluding steroid dienone is 1. The molecular weight excluding hydrogens is 280 g/mol. The third kappa shape index (κ3) is 1.89. The number of fused-ring (bicyclic) bond motifs is 3. The summed E-state index contributed by atoms with van der Waals surface area (Å²) in [6.45, 7) is 2.60. The highest BCUT2D eigenvalue weighted by Crippen LogP contribution is 2.50. The van der Waals surface area contributed by atoms with Gasteiger partial charge in [-0.3, -0.25) is 14.9 Å². The van der Waals surface area contributed by atoms with Gasteiger partial charge in [-0.25, -0.2) is 0 Å². The fourth-order valence-electron chi connectivity index (χ4n) is 3.03. The predicted molar refractivity (Wildman–Crippen MR) is 76.9 cm³/mol. The van der Waals surface area contributed by atoms with Crippen molar-refractivity contribution in [3.8, 4) is 0 Å². The Morgan fingerprint density at radius 1 is 1.45 bits per heavy atom. The van der Waals surface area contributed by atoms with Crippen LogP contribution in [0.3, 0.4) is 0 Å². The van der Waals surface area contributed by atoms with Crippen LogP contribution in [0.15, 0.2) is 18.2 Å². The summed E-state index contributed by atoms with van der Waals surface area (Å²) in [6, 6.07) is 2.89. The first-order chi connectivity index (χ1) is 9.40. The minimum absolute atomic E-state index is 0.0300. The van der Waals surface area contributed by atoms with Crippen LogP contribution in [0.25, 0.3) is 5.57 Å². The summed E-state index contributed by atoms with van der Waals surface area (Å²) in [7, 11) is 0. The van der Waals surface area contributed by atoms with Crippen molar-refractivity contribution in [2.75, 3.05) is 11.9 Å². The third-order valence-corrected chi connectivity index (χ3v) is 4.30. The molecule has 20 heavy (non-hydrogen) atoms. The molecule has 1 unspecified atom stereocenters. The summed E-state index contributed by atoms with van der Waals surface area (Å²) in [6.07, 6.45) is 2.71. The monoisotopic (exact) mass is 292 g/mol. The van der Waals surface area contributed by atoms with E-state index in [0.29, 0.717) is 24.4 Å². The van der Waals surface area contributed by atoms with Gasteiger partial charge in [0.2, 0.25) is 0 Å². The van der Waals surface area contributed by atoms with Gasteiger partial charge in [0.25, 0.3) is 5.69 Å². The molecule has 5 nitrogen and oxygen atoms in total. The number of hydrogen-bond donors (Lipinski definition) is 1. The van der Waals surface area contributed by atoms with Crippen LogP contribution in [0, 0.1) is 15.5 Å². The zero-order chi connectivity index (χ0) is 14.5.